The molecule has 1 aromatic rings. The molecule has 7 nitrogen and oxygen atoms in total. The Kier molecular flexibility index (Phi) is 3.81. The molecule has 0 aromatic carbocycles. The molecule has 4 aliphatic carbocycles. The van der Waals surface area contributed by atoms with Crippen LogP contribution in [0.5, 0.6) is 0 Å². The average molecular weight is 400 g/mol. The molecule has 2 bridgehead atoms. The quantitative estimate of drug-likeness (QED) is 0.789. The number of amides is 1. The number of morpholine rings is 1. The molecule has 1 aromatic heterocycles. The minimum Gasteiger partial charge on any atom is -0.379 e. The van der Waals surface area contributed by atoms with Gasteiger partial charge in [0, 0.05) is 37.5 Å². The second kappa shape index (κ2) is 6.03. The third-order valence-electron chi connectivity index (χ3n) is 9.40. The monoisotopic (exact) mass is 399 g/mol. The fraction of sp³-hybridized carbons (Fsp3) is 0.864. The van der Waals surface area contributed by atoms with Crippen LogP contribution in [0.15, 0.2) is 6.33 Å². The second-order valence-corrected chi connectivity index (χ2v) is 10.6. The first-order valence-electron chi connectivity index (χ1n) is 11.5. The summed E-state index contributed by atoms with van der Waals surface area (Å²) in [4.78, 5) is 19.9. The number of aromatic nitrogens is 3. The molecule has 0 radical (unpaired) electrons. The van der Waals surface area contributed by atoms with Crippen molar-refractivity contribution in [2.24, 2.45) is 22.7 Å². The van der Waals surface area contributed by atoms with Crippen molar-refractivity contribution in [1.82, 2.24) is 25.0 Å². The summed E-state index contributed by atoms with van der Waals surface area (Å²) < 4.78 is 7.63. The lowest BCUT2D eigenvalue weighted by atomic mass is 9.27. The number of hydrogen-bond donors (Lipinski definition) is 1. The van der Waals surface area contributed by atoms with Crippen LogP contribution in [0.2, 0.25) is 0 Å². The Bertz CT molecular complexity index is 835. The van der Waals surface area contributed by atoms with Crippen molar-refractivity contribution in [3.05, 3.63) is 12.2 Å². The van der Waals surface area contributed by atoms with Gasteiger partial charge in [-0.15, -0.1) is 0 Å². The summed E-state index contributed by atoms with van der Waals surface area (Å²) in [5.41, 5.74) is 0.647. The van der Waals surface area contributed by atoms with E-state index in [9.17, 15) is 4.79 Å². The first-order valence-corrected chi connectivity index (χ1v) is 11.5. The number of rotatable bonds is 6. The van der Waals surface area contributed by atoms with Crippen molar-refractivity contribution in [2.45, 2.75) is 64.0 Å². The predicted octanol–water partition coefficient (Wildman–Crippen LogP) is 1.72. The van der Waals surface area contributed by atoms with Crippen LogP contribution in [-0.2, 0) is 15.1 Å². The highest BCUT2D eigenvalue weighted by Crippen LogP contribution is 2.91. The zero-order valence-corrected chi connectivity index (χ0v) is 17.7. The summed E-state index contributed by atoms with van der Waals surface area (Å²) >= 11 is 0. The maximum Gasteiger partial charge on any atom is 0.220 e. The van der Waals surface area contributed by atoms with E-state index in [1.54, 1.807) is 0 Å². The first kappa shape index (κ1) is 18.3. The normalized spacial score (nSPS) is 43.4. The molecule has 7 heteroatoms. The molecule has 4 saturated carbocycles. The highest BCUT2D eigenvalue weighted by atomic mass is 16.5. The van der Waals surface area contributed by atoms with Crippen molar-refractivity contribution < 1.29 is 9.53 Å². The first-order chi connectivity index (χ1) is 14.0. The number of aryl methyl sites for hydroxylation is 1. The van der Waals surface area contributed by atoms with Gasteiger partial charge in [-0.25, -0.2) is 9.67 Å². The van der Waals surface area contributed by atoms with Gasteiger partial charge in [0.05, 0.1) is 18.8 Å². The number of nitrogens with one attached hydrogen (secondary N) is 1. The number of ether oxygens (including phenoxy) is 1. The largest absolute Gasteiger partial charge is 0.379 e. The second-order valence-electron chi connectivity index (χ2n) is 10.6. The molecule has 1 amide bonds. The summed E-state index contributed by atoms with van der Waals surface area (Å²) in [5.74, 6) is 2.72. The van der Waals surface area contributed by atoms with E-state index < -0.39 is 0 Å². The van der Waals surface area contributed by atoms with Crippen LogP contribution < -0.4 is 5.32 Å². The van der Waals surface area contributed by atoms with Gasteiger partial charge < -0.3 is 10.1 Å². The zero-order valence-electron chi connectivity index (χ0n) is 17.7. The van der Waals surface area contributed by atoms with E-state index in [-0.39, 0.29) is 16.9 Å². The molecule has 1 spiro atoms. The van der Waals surface area contributed by atoms with Crippen LogP contribution in [-0.4, -0.2) is 64.5 Å². The van der Waals surface area contributed by atoms with Crippen molar-refractivity contribution in [2.75, 3.05) is 32.8 Å². The molecule has 158 valence electrons. The number of fused-ring (bicyclic) bond motifs is 1. The van der Waals surface area contributed by atoms with Crippen molar-refractivity contribution in [3.63, 3.8) is 0 Å². The summed E-state index contributed by atoms with van der Waals surface area (Å²) in [7, 11) is 0. The van der Waals surface area contributed by atoms with E-state index in [2.05, 4.69) is 26.8 Å². The summed E-state index contributed by atoms with van der Waals surface area (Å²) in [5, 5.41) is 8.00. The lowest BCUT2D eigenvalue weighted by Crippen LogP contribution is -2.79. The number of nitrogens with zero attached hydrogens (tertiary/aromatic N) is 4. The van der Waals surface area contributed by atoms with E-state index in [1.165, 1.54) is 25.7 Å². The smallest absolute Gasteiger partial charge is 0.220 e. The molecule has 29 heavy (non-hydrogen) atoms. The molecule has 1 N–H and O–H groups in total. The van der Waals surface area contributed by atoms with Crippen LogP contribution in [0, 0.1) is 29.6 Å². The van der Waals surface area contributed by atoms with Gasteiger partial charge in [0.25, 0.3) is 0 Å². The van der Waals surface area contributed by atoms with E-state index in [4.69, 9.17) is 9.84 Å². The molecular formula is C22H33N5O2. The zero-order chi connectivity index (χ0) is 19.9. The highest BCUT2D eigenvalue weighted by molar-refractivity contribution is 5.77. The van der Waals surface area contributed by atoms with Crippen molar-refractivity contribution >= 4 is 5.91 Å². The van der Waals surface area contributed by atoms with Gasteiger partial charge in [0.1, 0.15) is 12.2 Å². The molecule has 5 aliphatic rings. The summed E-state index contributed by atoms with van der Waals surface area (Å²) in [6.45, 7) is 8.46. The number of carbonyl (C=O) groups is 1. The third-order valence-corrected chi connectivity index (χ3v) is 9.40. The maximum absolute atomic E-state index is 13.0. The van der Waals surface area contributed by atoms with Crippen LogP contribution >= 0.6 is 0 Å². The van der Waals surface area contributed by atoms with Crippen LogP contribution in [0.3, 0.4) is 0 Å². The van der Waals surface area contributed by atoms with Gasteiger partial charge in [0.15, 0.2) is 0 Å². The van der Waals surface area contributed by atoms with Crippen molar-refractivity contribution in [3.8, 4) is 0 Å². The third kappa shape index (κ3) is 2.23. The van der Waals surface area contributed by atoms with Gasteiger partial charge in [-0.1, -0.05) is 0 Å². The Balaban J connectivity index is 1.15. The van der Waals surface area contributed by atoms with E-state index in [1.807, 2.05) is 13.3 Å². The molecule has 5 fully saturated rings. The SMILES string of the molecule is Cc1ncn(C23CC4CC5CC(CC(=O)NCC(C)N6CCOCC6)(C2)C43C5)n1. The Morgan fingerprint density at radius 3 is 2.90 bits per heavy atom. The lowest BCUT2D eigenvalue weighted by Gasteiger charge is -2.79. The van der Waals surface area contributed by atoms with E-state index >= 15 is 0 Å². The number of carbonyl (C=O) groups excluding carboxylic acids is 1. The molecule has 1 saturated heterocycles. The van der Waals surface area contributed by atoms with Gasteiger partial charge in [-0.05, 0) is 63.2 Å². The van der Waals surface area contributed by atoms with Gasteiger partial charge in [0.2, 0.25) is 5.91 Å². The fourth-order valence-corrected chi connectivity index (χ4v) is 8.54. The molecule has 6 unspecified atom stereocenters. The van der Waals surface area contributed by atoms with Crippen LogP contribution in [0.1, 0.15) is 51.3 Å². The minimum absolute atomic E-state index is 0.144. The molecule has 6 atom stereocenters. The molecule has 1 aliphatic heterocycles. The van der Waals surface area contributed by atoms with Crippen molar-refractivity contribution in [1.29, 1.82) is 0 Å². The van der Waals surface area contributed by atoms with E-state index in [0.717, 1.165) is 56.9 Å². The highest BCUT2D eigenvalue weighted by Gasteiger charge is 2.88. The summed E-state index contributed by atoms with van der Waals surface area (Å²) in [6, 6.07) is 0.369. The number of hydrogen-bond acceptors (Lipinski definition) is 5. The lowest BCUT2D eigenvalue weighted by molar-refractivity contribution is -0.306. The van der Waals surface area contributed by atoms with Crippen LogP contribution in [0.25, 0.3) is 0 Å². The Morgan fingerprint density at radius 1 is 1.34 bits per heavy atom. The molecular weight excluding hydrogens is 366 g/mol. The standard InChI is InChI=1S/C22H33N5O2/c1-15(26-3-5-29-6-4-26)12-23-19(28)11-20-8-17-7-18-10-21(13-20,22(18,20)9-17)27-14-24-16(2)25-27/h14-15,17-18H,3-13H2,1-2H3,(H,23,28). The van der Waals surface area contributed by atoms with Gasteiger partial charge in [-0.3, -0.25) is 9.69 Å². The fourth-order valence-electron chi connectivity index (χ4n) is 8.54. The molecule has 2 heterocycles. The Morgan fingerprint density at radius 2 is 2.17 bits per heavy atom. The van der Waals surface area contributed by atoms with Gasteiger partial charge in [-0.2, -0.15) is 5.10 Å². The predicted molar refractivity (Wildman–Crippen MR) is 107 cm³/mol. The topological polar surface area (TPSA) is 72.3 Å². The van der Waals surface area contributed by atoms with Gasteiger partial charge >= 0.3 is 0 Å². The summed E-state index contributed by atoms with van der Waals surface area (Å²) in [6.07, 6.45) is 8.91. The Labute approximate surface area is 172 Å². The Hall–Kier alpha value is -1.47. The van der Waals surface area contributed by atoms with Crippen LogP contribution in [0.4, 0.5) is 0 Å². The van der Waals surface area contributed by atoms with E-state index in [0.29, 0.717) is 17.9 Å². The minimum atomic E-state index is 0.144. The maximum atomic E-state index is 13.0. The average Bonchev–Trinajstić information content (AvgIpc) is 3.35. The molecule has 6 rings (SSSR count).